The quantitative estimate of drug-likeness (QED) is 0.524. The number of hydrogen-bond acceptors (Lipinski definition) is 6. The molecule has 0 unspecified atom stereocenters. The van der Waals surface area contributed by atoms with Crippen LogP contribution in [0, 0.1) is 0 Å². The van der Waals surface area contributed by atoms with Crippen LogP contribution in [-0.2, 0) is 0 Å². The highest BCUT2D eigenvalue weighted by Gasteiger charge is 2.17. The Hall–Kier alpha value is -3.28. The number of esters is 1. The van der Waals surface area contributed by atoms with Gasteiger partial charge in [0.25, 0.3) is 0 Å². The van der Waals surface area contributed by atoms with Gasteiger partial charge in [0.05, 0.1) is 21.3 Å². The van der Waals surface area contributed by atoms with Crippen molar-refractivity contribution < 1.29 is 23.7 Å². The summed E-state index contributed by atoms with van der Waals surface area (Å²) in [4.78, 5) is 16.6. The van der Waals surface area contributed by atoms with E-state index in [1.807, 2.05) is 24.3 Å². The molecule has 0 aliphatic carbocycles. The normalized spacial score (nSPS) is 10.4. The number of hydrogen-bond donors (Lipinski definition) is 0. The SMILES string of the molecule is COc1cc(OC(=O)c2cc3ccccc3cn2)cc(OC)c1OC. The zero-order valence-electron chi connectivity index (χ0n) is 14.1. The van der Waals surface area contributed by atoms with Gasteiger partial charge in [-0.1, -0.05) is 24.3 Å². The van der Waals surface area contributed by atoms with Crippen LogP contribution >= 0.6 is 0 Å². The van der Waals surface area contributed by atoms with E-state index in [-0.39, 0.29) is 11.4 Å². The van der Waals surface area contributed by atoms with Gasteiger partial charge in [0.15, 0.2) is 11.5 Å². The lowest BCUT2D eigenvalue weighted by Gasteiger charge is -2.14. The van der Waals surface area contributed by atoms with Crippen LogP contribution in [0.3, 0.4) is 0 Å². The predicted molar refractivity (Wildman–Crippen MR) is 92.8 cm³/mol. The lowest BCUT2D eigenvalue weighted by atomic mass is 10.1. The van der Waals surface area contributed by atoms with Crippen LogP contribution in [-0.4, -0.2) is 32.3 Å². The maximum absolute atomic E-state index is 12.4. The Morgan fingerprint density at radius 2 is 1.52 bits per heavy atom. The number of fused-ring (bicyclic) bond motifs is 1. The average Bonchev–Trinajstić information content (AvgIpc) is 2.66. The highest BCUT2D eigenvalue weighted by molar-refractivity contribution is 5.94. The maximum Gasteiger partial charge on any atom is 0.362 e. The highest BCUT2D eigenvalue weighted by Crippen LogP contribution is 2.40. The molecule has 3 aromatic rings. The van der Waals surface area contributed by atoms with Crippen molar-refractivity contribution in [1.82, 2.24) is 4.98 Å². The van der Waals surface area contributed by atoms with Crippen molar-refractivity contribution >= 4 is 16.7 Å². The van der Waals surface area contributed by atoms with Gasteiger partial charge in [0.1, 0.15) is 11.4 Å². The van der Waals surface area contributed by atoms with Crippen molar-refractivity contribution in [3.05, 3.63) is 54.4 Å². The molecule has 0 N–H and O–H groups in total. The van der Waals surface area contributed by atoms with Crippen molar-refractivity contribution in [2.24, 2.45) is 0 Å². The number of rotatable bonds is 5. The van der Waals surface area contributed by atoms with Gasteiger partial charge in [-0.2, -0.15) is 0 Å². The molecule has 0 saturated carbocycles. The molecular formula is C19H17NO5. The number of carbonyl (C=O) groups excluding carboxylic acids is 1. The molecule has 0 atom stereocenters. The number of pyridine rings is 1. The van der Waals surface area contributed by atoms with Gasteiger partial charge in [-0.3, -0.25) is 0 Å². The number of nitrogens with zero attached hydrogens (tertiary/aromatic N) is 1. The van der Waals surface area contributed by atoms with Crippen molar-refractivity contribution in [3.63, 3.8) is 0 Å². The Balaban J connectivity index is 1.91. The predicted octanol–water partition coefficient (Wildman–Crippen LogP) is 3.48. The summed E-state index contributed by atoms with van der Waals surface area (Å²) < 4.78 is 21.2. The minimum atomic E-state index is -0.569. The Labute approximate surface area is 144 Å². The zero-order valence-corrected chi connectivity index (χ0v) is 14.1. The second kappa shape index (κ2) is 7.09. The van der Waals surface area contributed by atoms with E-state index in [0.717, 1.165) is 10.8 Å². The van der Waals surface area contributed by atoms with E-state index in [4.69, 9.17) is 18.9 Å². The number of benzene rings is 2. The van der Waals surface area contributed by atoms with Gasteiger partial charge in [0, 0.05) is 23.7 Å². The third-order valence-electron chi connectivity index (χ3n) is 3.69. The number of methoxy groups -OCH3 is 3. The summed E-state index contributed by atoms with van der Waals surface area (Å²) in [7, 11) is 4.49. The van der Waals surface area contributed by atoms with E-state index in [1.165, 1.54) is 21.3 Å². The molecular weight excluding hydrogens is 322 g/mol. The summed E-state index contributed by atoms with van der Waals surface area (Å²) in [5.41, 5.74) is 0.215. The minimum Gasteiger partial charge on any atom is -0.493 e. The van der Waals surface area contributed by atoms with Gasteiger partial charge >= 0.3 is 5.97 Å². The summed E-state index contributed by atoms with van der Waals surface area (Å²) in [6.45, 7) is 0. The van der Waals surface area contributed by atoms with Crippen LogP contribution in [0.2, 0.25) is 0 Å². The molecule has 6 nitrogen and oxygen atoms in total. The molecule has 25 heavy (non-hydrogen) atoms. The first-order valence-corrected chi connectivity index (χ1v) is 7.53. The summed E-state index contributed by atoms with van der Waals surface area (Å²) in [6.07, 6.45) is 1.64. The molecule has 2 aromatic carbocycles. The lowest BCUT2D eigenvalue weighted by Crippen LogP contribution is -2.10. The second-order valence-corrected chi connectivity index (χ2v) is 5.17. The summed E-state index contributed by atoms with van der Waals surface area (Å²) >= 11 is 0. The van der Waals surface area contributed by atoms with E-state index in [9.17, 15) is 4.79 Å². The van der Waals surface area contributed by atoms with Gasteiger partial charge in [0.2, 0.25) is 5.75 Å². The average molecular weight is 339 g/mol. The molecule has 0 aliphatic rings. The first-order valence-electron chi connectivity index (χ1n) is 7.53. The van der Waals surface area contributed by atoms with Crippen molar-refractivity contribution in [3.8, 4) is 23.0 Å². The molecule has 0 bridgehead atoms. The number of carbonyl (C=O) groups is 1. The summed E-state index contributed by atoms with van der Waals surface area (Å²) in [5.74, 6) is 0.926. The monoisotopic (exact) mass is 339 g/mol. The molecule has 0 fully saturated rings. The molecule has 1 heterocycles. The molecule has 0 saturated heterocycles. The number of ether oxygens (including phenoxy) is 4. The van der Waals surface area contributed by atoms with Crippen LogP contribution in [0.5, 0.6) is 23.0 Å². The van der Waals surface area contributed by atoms with E-state index in [2.05, 4.69) is 4.98 Å². The third-order valence-corrected chi connectivity index (χ3v) is 3.69. The molecule has 0 spiro atoms. The minimum absolute atomic E-state index is 0.215. The van der Waals surface area contributed by atoms with Crippen molar-refractivity contribution in [2.75, 3.05) is 21.3 Å². The van der Waals surface area contributed by atoms with Crippen LogP contribution < -0.4 is 18.9 Å². The Bertz CT molecular complexity index is 898. The highest BCUT2D eigenvalue weighted by atomic mass is 16.5. The Kier molecular flexibility index (Phi) is 4.70. The van der Waals surface area contributed by atoms with E-state index in [1.54, 1.807) is 24.4 Å². The van der Waals surface area contributed by atoms with Crippen LogP contribution in [0.25, 0.3) is 10.8 Å². The Morgan fingerprint density at radius 1 is 0.880 bits per heavy atom. The van der Waals surface area contributed by atoms with Gasteiger partial charge in [-0.15, -0.1) is 0 Å². The van der Waals surface area contributed by atoms with Crippen LogP contribution in [0.1, 0.15) is 10.5 Å². The van der Waals surface area contributed by atoms with Crippen LogP contribution in [0.15, 0.2) is 48.7 Å². The van der Waals surface area contributed by atoms with E-state index >= 15 is 0 Å². The largest absolute Gasteiger partial charge is 0.493 e. The van der Waals surface area contributed by atoms with Crippen LogP contribution in [0.4, 0.5) is 0 Å². The maximum atomic E-state index is 12.4. The molecule has 128 valence electrons. The van der Waals surface area contributed by atoms with E-state index < -0.39 is 5.97 Å². The first kappa shape index (κ1) is 16.6. The number of aromatic nitrogens is 1. The third kappa shape index (κ3) is 3.33. The standard InChI is InChI=1S/C19H17NO5/c1-22-16-9-14(10-17(23-2)18(16)24-3)25-19(21)15-8-12-6-4-5-7-13(12)11-20-15/h4-11H,1-3H3. The smallest absolute Gasteiger partial charge is 0.362 e. The van der Waals surface area contributed by atoms with Gasteiger partial charge < -0.3 is 18.9 Å². The molecule has 0 amide bonds. The fraction of sp³-hybridized carbons (Fsp3) is 0.158. The first-order chi connectivity index (χ1) is 12.2. The molecule has 1 aromatic heterocycles. The molecule has 0 aliphatic heterocycles. The lowest BCUT2D eigenvalue weighted by molar-refractivity contribution is 0.0728. The fourth-order valence-corrected chi connectivity index (χ4v) is 2.47. The molecule has 0 radical (unpaired) electrons. The van der Waals surface area contributed by atoms with Crippen molar-refractivity contribution in [1.29, 1.82) is 0 Å². The fourth-order valence-electron chi connectivity index (χ4n) is 2.47. The Morgan fingerprint density at radius 3 is 2.12 bits per heavy atom. The summed E-state index contributed by atoms with van der Waals surface area (Å²) in [5, 5.41) is 1.86. The van der Waals surface area contributed by atoms with Gasteiger partial charge in [-0.05, 0) is 11.5 Å². The molecule has 6 heteroatoms. The van der Waals surface area contributed by atoms with Gasteiger partial charge in [-0.25, -0.2) is 9.78 Å². The second-order valence-electron chi connectivity index (χ2n) is 5.17. The summed E-state index contributed by atoms with van der Waals surface area (Å²) in [6, 6.07) is 12.5. The topological polar surface area (TPSA) is 66.9 Å². The van der Waals surface area contributed by atoms with Crippen molar-refractivity contribution in [2.45, 2.75) is 0 Å². The van der Waals surface area contributed by atoms with E-state index in [0.29, 0.717) is 17.2 Å². The molecule has 3 rings (SSSR count). The zero-order chi connectivity index (χ0) is 17.8.